The zero-order chi connectivity index (χ0) is 23.6. The smallest absolute Gasteiger partial charge is 0.287 e. The minimum atomic E-state index is -3.49. The molecular weight excluding hydrogens is 420 g/mol. The minimum Gasteiger partial charge on any atom is -0.494 e. The van der Waals surface area contributed by atoms with Gasteiger partial charge in [0.2, 0.25) is 0 Å². The van der Waals surface area contributed by atoms with Gasteiger partial charge in [-0.15, -0.1) is 0 Å². The average Bonchev–Trinajstić information content (AvgIpc) is 2.77. The molecule has 8 nitrogen and oxygen atoms in total. The molecule has 0 radical (unpaired) electrons. The Kier molecular flexibility index (Phi) is 8.96. The van der Waals surface area contributed by atoms with E-state index in [-0.39, 0.29) is 19.0 Å². The molecule has 2 aromatic rings. The van der Waals surface area contributed by atoms with Crippen LogP contribution in [0.15, 0.2) is 60.6 Å². The topological polar surface area (TPSA) is 121 Å². The zero-order valence-electron chi connectivity index (χ0n) is 17.8. The van der Waals surface area contributed by atoms with Crippen LogP contribution in [-0.2, 0) is 4.79 Å². The van der Waals surface area contributed by atoms with Crippen molar-refractivity contribution >= 4 is 23.2 Å². The molecule has 2 rings (SSSR count). The molecule has 0 spiro atoms. The van der Waals surface area contributed by atoms with Crippen molar-refractivity contribution in [2.24, 2.45) is 0 Å². The predicted octanol–water partition coefficient (Wildman–Crippen LogP) is 1.78. The van der Waals surface area contributed by atoms with Gasteiger partial charge in [0.15, 0.2) is 0 Å². The van der Waals surface area contributed by atoms with E-state index in [4.69, 9.17) is 10.1 Å². The van der Waals surface area contributed by atoms with Crippen LogP contribution in [0.5, 0.6) is 5.75 Å². The van der Waals surface area contributed by atoms with Gasteiger partial charge in [-0.25, -0.2) is 0 Å². The molecule has 10 heteroatoms. The Hall–Kier alpha value is -3.66. The van der Waals surface area contributed by atoms with Crippen molar-refractivity contribution in [3.8, 4) is 5.75 Å². The van der Waals surface area contributed by atoms with Crippen LogP contribution in [0.1, 0.15) is 24.2 Å². The molecule has 0 atom stereocenters. The van der Waals surface area contributed by atoms with Crippen LogP contribution < -0.4 is 20.7 Å². The fourth-order valence-electron chi connectivity index (χ4n) is 2.58. The Morgan fingerprint density at radius 1 is 1.12 bits per heavy atom. The van der Waals surface area contributed by atoms with Crippen molar-refractivity contribution in [1.29, 1.82) is 5.41 Å². The van der Waals surface area contributed by atoms with Crippen molar-refractivity contribution in [3.63, 3.8) is 0 Å². The van der Waals surface area contributed by atoms with Gasteiger partial charge in [-0.1, -0.05) is 0 Å². The van der Waals surface area contributed by atoms with E-state index in [1.807, 2.05) is 6.92 Å². The number of carbonyl (C=O) groups is 2. The van der Waals surface area contributed by atoms with Crippen LogP contribution in [0.3, 0.4) is 0 Å². The fraction of sp³-hybridized carbons (Fsp3) is 0.273. The maximum atomic E-state index is 13.7. The van der Waals surface area contributed by atoms with Crippen LogP contribution in [-0.4, -0.2) is 48.1 Å². The van der Waals surface area contributed by atoms with E-state index in [0.29, 0.717) is 30.5 Å². The van der Waals surface area contributed by atoms with Gasteiger partial charge in [0.25, 0.3) is 17.7 Å². The lowest BCUT2D eigenvalue weighted by molar-refractivity contribution is -0.496. The third-order valence-corrected chi connectivity index (χ3v) is 4.23. The summed E-state index contributed by atoms with van der Waals surface area (Å²) in [6.07, 6.45) is 4.21. The van der Waals surface area contributed by atoms with E-state index in [9.17, 15) is 18.4 Å². The summed E-state index contributed by atoms with van der Waals surface area (Å²) in [5.41, 5.74) is -0.509. The number of halogens is 2. The highest BCUT2D eigenvalue weighted by molar-refractivity contribution is 6.22. The van der Waals surface area contributed by atoms with Gasteiger partial charge in [-0.2, -0.15) is 8.78 Å². The number of nitrogens with zero attached hydrogens (tertiary/aromatic N) is 1. The number of ether oxygens (including phenoxy) is 1. The lowest BCUT2D eigenvalue weighted by Crippen LogP contribution is -2.72. The van der Waals surface area contributed by atoms with Gasteiger partial charge in [0.05, 0.1) is 6.61 Å². The lowest BCUT2D eigenvalue weighted by atomic mass is 10.1. The maximum absolute atomic E-state index is 13.7. The van der Waals surface area contributed by atoms with Gasteiger partial charge in [-0.05, 0) is 31.2 Å². The first-order valence-electron chi connectivity index (χ1n) is 9.94. The normalized spacial score (nSPS) is 11.6. The largest absolute Gasteiger partial charge is 0.494 e. The van der Waals surface area contributed by atoms with E-state index >= 15 is 0 Å². The molecule has 0 fully saturated rings. The molecule has 1 aromatic heterocycles. The van der Waals surface area contributed by atoms with Crippen molar-refractivity contribution in [1.82, 2.24) is 15.6 Å². The number of quaternary nitrogens is 1. The van der Waals surface area contributed by atoms with E-state index in [1.54, 1.807) is 36.4 Å². The number of amides is 2. The van der Waals surface area contributed by atoms with Gasteiger partial charge in [0, 0.05) is 50.1 Å². The highest BCUT2D eigenvalue weighted by atomic mass is 19.3. The second-order valence-electron chi connectivity index (χ2n) is 6.76. The summed E-state index contributed by atoms with van der Waals surface area (Å²) < 4.78 is 32.7. The number of aromatic nitrogens is 1. The number of alkyl halides is 2. The summed E-state index contributed by atoms with van der Waals surface area (Å²) in [7, 11) is 0. The Morgan fingerprint density at radius 2 is 1.75 bits per heavy atom. The molecule has 0 aliphatic rings. The van der Waals surface area contributed by atoms with Crippen molar-refractivity contribution in [2.45, 2.75) is 19.8 Å². The third-order valence-electron chi connectivity index (χ3n) is 4.23. The zero-order valence-corrected chi connectivity index (χ0v) is 17.8. The molecule has 0 saturated carbocycles. The standard InChI is InChI=1S/C22H25F2N5O3/c1-3-32-17-6-4-15(5-7-17)20(30)27-12-13-28-21(31)18(19(25)22(2,23)24)14-29-16-8-10-26-11-9-16/h4-11,14,25H,3,12-13H2,1-2H3,(H,26,29)(H,27,30)(H,28,31)/p+1/b18-14+,25-19?. The number of nitrogens with one attached hydrogen (secondary N) is 3. The average molecular weight is 446 g/mol. The molecule has 0 bridgehead atoms. The summed E-state index contributed by atoms with van der Waals surface area (Å²) in [4.78, 5) is 28.5. The second-order valence-corrected chi connectivity index (χ2v) is 6.76. The first-order valence-corrected chi connectivity index (χ1v) is 9.94. The molecule has 1 aromatic carbocycles. The van der Waals surface area contributed by atoms with Gasteiger partial charge in [0.1, 0.15) is 28.9 Å². The predicted molar refractivity (Wildman–Crippen MR) is 115 cm³/mol. The van der Waals surface area contributed by atoms with Crippen molar-refractivity contribution < 1.29 is 28.4 Å². The Labute approximate surface area is 184 Å². The van der Waals surface area contributed by atoms with E-state index in [1.165, 1.54) is 23.9 Å². The third kappa shape index (κ3) is 7.55. The number of hydrogen-bond acceptors (Lipinski definition) is 5. The van der Waals surface area contributed by atoms with Crippen molar-refractivity contribution in [3.05, 3.63) is 66.1 Å². The van der Waals surface area contributed by atoms with E-state index < -0.39 is 23.1 Å². The molecular formula is C22H26F2N5O3+. The monoisotopic (exact) mass is 446 g/mol. The number of rotatable bonds is 11. The molecule has 1 heterocycles. The Balaban J connectivity index is 1.93. The highest BCUT2D eigenvalue weighted by Crippen LogP contribution is 2.18. The summed E-state index contributed by atoms with van der Waals surface area (Å²) >= 11 is 0. The summed E-state index contributed by atoms with van der Waals surface area (Å²) in [6.45, 7) is 3.00. The first kappa shape index (κ1) is 24.6. The fourth-order valence-corrected chi connectivity index (χ4v) is 2.58. The molecule has 2 amide bonds. The van der Waals surface area contributed by atoms with Crippen molar-refractivity contribution in [2.75, 3.05) is 19.7 Å². The number of hydrogen-bond donors (Lipinski definition) is 4. The number of nitrogens with two attached hydrogens (primary N) is 1. The maximum Gasteiger partial charge on any atom is 0.287 e. The van der Waals surface area contributed by atoms with Crippen LogP contribution in [0, 0.1) is 5.41 Å². The molecule has 32 heavy (non-hydrogen) atoms. The van der Waals surface area contributed by atoms with Crippen LogP contribution >= 0.6 is 0 Å². The quantitative estimate of drug-likeness (QED) is 0.239. The molecule has 0 aliphatic carbocycles. The Morgan fingerprint density at radius 3 is 2.34 bits per heavy atom. The van der Waals surface area contributed by atoms with Crippen LogP contribution in [0.2, 0.25) is 0 Å². The van der Waals surface area contributed by atoms with Crippen LogP contribution in [0.4, 0.5) is 14.5 Å². The second kappa shape index (κ2) is 11.7. The molecule has 0 saturated heterocycles. The van der Waals surface area contributed by atoms with Gasteiger partial charge < -0.3 is 15.4 Å². The summed E-state index contributed by atoms with van der Waals surface area (Å²) in [6, 6.07) is 9.84. The SMILES string of the molecule is CCOc1ccc(C(=O)NCCNC(=O)/C(=C/[NH2+]c2ccncc2)C(=N)C(C)(F)F)cc1. The highest BCUT2D eigenvalue weighted by Gasteiger charge is 2.34. The van der Waals surface area contributed by atoms with Gasteiger partial charge in [-0.3, -0.25) is 25.3 Å². The molecule has 170 valence electrons. The van der Waals surface area contributed by atoms with E-state index in [0.717, 1.165) is 0 Å². The summed E-state index contributed by atoms with van der Waals surface area (Å²) in [5, 5.41) is 14.2. The number of pyridine rings is 1. The molecule has 5 N–H and O–H groups in total. The molecule has 0 unspecified atom stereocenters. The van der Waals surface area contributed by atoms with E-state index in [2.05, 4.69) is 15.6 Å². The van der Waals surface area contributed by atoms with Crippen LogP contribution in [0.25, 0.3) is 0 Å². The first-order chi connectivity index (χ1) is 15.2. The molecule has 0 aliphatic heterocycles. The Bertz CT molecular complexity index is 958. The van der Waals surface area contributed by atoms with Gasteiger partial charge >= 0.3 is 0 Å². The summed E-state index contributed by atoms with van der Waals surface area (Å²) in [5.74, 6) is -4.03. The minimum absolute atomic E-state index is 0.00321. The lowest BCUT2D eigenvalue weighted by Gasteiger charge is -2.14. The number of benzene rings is 1. The number of carbonyl (C=O) groups excluding carboxylic acids is 2.